The van der Waals surface area contributed by atoms with Crippen LogP contribution >= 0.6 is 23.2 Å². The van der Waals surface area contributed by atoms with Crippen molar-refractivity contribution in [1.82, 2.24) is 40.0 Å². The van der Waals surface area contributed by atoms with E-state index in [0.717, 1.165) is 30.5 Å². The fourth-order valence-electron chi connectivity index (χ4n) is 7.60. The number of carbonyl (C=O) groups excluding carboxylic acids is 4. The van der Waals surface area contributed by atoms with Crippen molar-refractivity contribution < 1.29 is 23.9 Å². The van der Waals surface area contributed by atoms with Gasteiger partial charge in [-0.25, -0.2) is 9.97 Å². The maximum Gasteiger partial charge on any atom is 0.291 e. The van der Waals surface area contributed by atoms with Crippen LogP contribution in [0.1, 0.15) is 60.2 Å². The molecule has 0 unspecified atom stereocenters. The Hall–Kier alpha value is -5.05. The molecule has 2 atom stereocenters. The highest BCUT2D eigenvalue weighted by Crippen LogP contribution is 2.40. The Bertz CT molecular complexity index is 2160. The van der Waals surface area contributed by atoms with Gasteiger partial charge in [0, 0.05) is 94.2 Å². The van der Waals surface area contributed by atoms with E-state index in [2.05, 4.69) is 25.9 Å². The second kappa shape index (κ2) is 16.4. The molecule has 1 aromatic carbocycles. The number of anilines is 1. The molecule has 0 radical (unpaired) electrons. The lowest BCUT2D eigenvalue weighted by Gasteiger charge is -2.35. The molecule has 2 fully saturated rings. The lowest BCUT2D eigenvalue weighted by Crippen LogP contribution is -2.47. The zero-order chi connectivity index (χ0) is 38.8. The minimum atomic E-state index is -0.454. The molecule has 0 aliphatic carbocycles. The third-order valence-electron chi connectivity index (χ3n) is 10.6. The molecule has 7 rings (SSSR count). The summed E-state index contributed by atoms with van der Waals surface area (Å²) in [7, 11) is 3.35. The number of hydrogen-bond acceptors (Lipinski definition) is 9. The van der Waals surface area contributed by atoms with E-state index in [1.807, 2.05) is 12.1 Å². The first-order valence-corrected chi connectivity index (χ1v) is 19.2. The summed E-state index contributed by atoms with van der Waals surface area (Å²) in [5, 5.41) is 9.80. The maximum atomic E-state index is 13.7. The maximum absolute atomic E-state index is 13.7. The van der Waals surface area contributed by atoms with Gasteiger partial charge in [0.2, 0.25) is 23.6 Å². The zero-order valence-electron chi connectivity index (χ0n) is 31.0. The number of piperidine rings is 1. The number of amides is 4. The molecule has 4 aromatic rings. The Morgan fingerprint density at radius 1 is 1.00 bits per heavy atom. The van der Waals surface area contributed by atoms with E-state index in [0.29, 0.717) is 96.9 Å². The molecule has 55 heavy (non-hydrogen) atoms. The first-order chi connectivity index (χ1) is 26.5. The van der Waals surface area contributed by atoms with E-state index in [9.17, 15) is 19.2 Å². The van der Waals surface area contributed by atoms with E-state index in [1.54, 1.807) is 59.0 Å². The minimum absolute atomic E-state index is 0.0145. The average molecular weight is 789 g/mol. The Labute approximate surface area is 328 Å². The normalized spacial score (nSPS) is 18.2. The van der Waals surface area contributed by atoms with Crippen molar-refractivity contribution in [2.75, 3.05) is 38.6 Å². The lowest BCUT2D eigenvalue weighted by molar-refractivity contribution is -0.141. The molecule has 4 amide bonds. The van der Waals surface area contributed by atoms with Crippen molar-refractivity contribution in [3.63, 3.8) is 0 Å². The van der Waals surface area contributed by atoms with E-state index < -0.39 is 5.91 Å². The molecule has 3 aliphatic rings. The molecule has 6 heterocycles. The highest BCUT2D eigenvalue weighted by Gasteiger charge is 2.34. The van der Waals surface area contributed by atoms with Crippen LogP contribution in [0.3, 0.4) is 0 Å². The molecule has 3 aromatic heterocycles. The Kier molecular flexibility index (Phi) is 11.4. The topological polar surface area (TPSA) is 164 Å². The van der Waals surface area contributed by atoms with Crippen LogP contribution < -0.4 is 20.7 Å². The molecule has 0 bridgehead atoms. The van der Waals surface area contributed by atoms with Crippen LogP contribution in [0.25, 0.3) is 22.5 Å². The molecule has 14 nitrogen and oxygen atoms in total. The number of nitrogens with zero attached hydrogens (tertiary/aromatic N) is 6. The van der Waals surface area contributed by atoms with E-state index >= 15 is 0 Å². The quantitative estimate of drug-likeness (QED) is 0.208. The van der Waals surface area contributed by atoms with Gasteiger partial charge in [0.15, 0.2) is 5.82 Å². The van der Waals surface area contributed by atoms with Gasteiger partial charge in [-0.1, -0.05) is 41.4 Å². The molecule has 16 heteroatoms. The first kappa shape index (κ1) is 38.2. The summed E-state index contributed by atoms with van der Waals surface area (Å²) >= 11 is 13.9. The Morgan fingerprint density at radius 3 is 2.60 bits per heavy atom. The number of carbonyl (C=O) groups is 4. The van der Waals surface area contributed by atoms with Gasteiger partial charge in [0.1, 0.15) is 0 Å². The summed E-state index contributed by atoms with van der Waals surface area (Å²) in [5.41, 5.74) is 4.89. The van der Waals surface area contributed by atoms with Crippen molar-refractivity contribution >= 4 is 52.5 Å². The van der Waals surface area contributed by atoms with Gasteiger partial charge in [0.25, 0.3) is 5.91 Å². The fraction of sp³-hybridized carbons (Fsp3) is 0.410. The Morgan fingerprint density at radius 2 is 1.84 bits per heavy atom. The molecular weight excluding hydrogens is 745 g/mol. The summed E-state index contributed by atoms with van der Waals surface area (Å²) in [6.07, 6.45) is 5.08. The molecule has 2 saturated heterocycles. The molecule has 3 N–H and O–H groups in total. The smallest absolute Gasteiger partial charge is 0.291 e. The van der Waals surface area contributed by atoms with Crippen LogP contribution in [-0.2, 0) is 40.9 Å². The second-order valence-electron chi connectivity index (χ2n) is 14.1. The summed E-state index contributed by atoms with van der Waals surface area (Å²) in [6.45, 7) is 4.60. The number of fused-ring (bicyclic) bond motifs is 1. The monoisotopic (exact) mass is 787 g/mol. The fourth-order valence-corrected chi connectivity index (χ4v) is 8.18. The molecule has 0 spiro atoms. The largest absolute Gasteiger partial charge is 0.481 e. The lowest BCUT2D eigenvalue weighted by atomic mass is 9.95. The van der Waals surface area contributed by atoms with Crippen molar-refractivity contribution in [2.45, 2.75) is 58.2 Å². The number of pyridine rings is 2. The van der Waals surface area contributed by atoms with Crippen molar-refractivity contribution in [3.8, 4) is 28.4 Å². The van der Waals surface area contributed by atoms with E-state index in [1.165, 1.54) is 6.92 Å². The predicted octanol–water partition coefficient (Wildman–Crippen LogP) is 4.62. The Balaban J connectivity index is 1.05. The highest BCUT2D eigenvalue weighted by molar-refractivity contribution is 6.39. The second-order valence-corrected chi connectivity index (χ2v) is 14.9. The summed E-state index contributed by atoms with van der Waals surface area (Å²) < 4.78 is 7.39. The number of likely N-dealkylation sites (tertiary alicyclic amines) is 1. The number of hydrogen-bond donors (Lipinski definition) is 3. The molecule has 0 saturated carbocycles. The molecule has 3 aliphatic heterocycles. The molecular formula is C39H43Cl2N9O5. The SMILES string of the molecule is COc1nc(-c2ccnc(-c3cccc(NC(=O)c4nc5c(n4C)CCN(C(=O)[C@@H]4CCCN(C(C)=O)C4)C5)c3Cl)c2Cl)ccc1CNC[C@@H]1CCC(=O)N1. The van der Waals surface area contributed by atoms with Gasteiger partial charge in [-0.2, -0.15) is 0 Å². The third-order valence-corrected chi connectivity index (χ3v) is 11.4. The van der Waals surface area contributed by atoms with Crippen molar-refractivity contribution in [2.24, 2.45) is 13.0 Å². The summed E-state index contributed by atoms with van der Waals surface area (Å²) in [5.74, 6) is 0.0193. The van der Waals surface area contributed by atoms with Crippen LogP contribution in [0.5, 0.6) is 5.88 Å². The first-order valence-electron chi connectivity index (χ1n) is 18.4. The third kappa shape index (κ3) is 8.03. The standard InChI is InChI=1S/C39H43Cl2N9O5/c1-22(51)49-16-5-6-24(20-49)39(54)50-17-14-31-30(21-50)45-36(48(31)2)37(53)46-29-8-4-7-27(33(29)40)35-34(41)26(13-15-43-35)28-11-9-23(38(47-28)55-3)18-42-19-25-10-12-32(52)44-25/h4,7-9,11,13,15,24-25,42H,5-6,10,12,14,16-21H2,1-3H3,(H,44,52)(H,46,53)/t24-,25+/m1/s1. The van der Waals surface area contributed by atoms with E-state index in [4.69, 9.17) is 32.9 Å². The van der Waals surface area contributed by atoms with Crippen LogP contribution in [-0.4, -0.2) is 92.3 Å². The number of imidazole rings is 1. The minimum Gasteiger partial charge on any atom is -0.481 e. The summed E-state index contributed by atoms with van der Waals surface area (Å²) in [6, 6.07) is 10.9. The number of ether oxygens (including phenoxy) is 1. The number of benzene rings is 1. The zero-order valence-corrected chi connectivity index (χ0v) is 32.5. The van der Waals surface area contributed by atoms with Crippen molar-refractivity contribution in [3.05, 3.63) is 75.4 Å². The van der Waals surface area contributed by atoms with Gasteiger partial charge in [-0.3, -0.25) is 24.2 Å². The van der Waals surface area contributed by atoms with Gasteiger partial charge >= 0.3 is 0 Å². The van der Waals surface area contributed by atoms with Gasteiger partial charge in [-0.05, 0) is 37.5 Å². The predicted molar refractivity (Wildman–Crippen MR) is 208 cm³/mol. The average Bonchev–Trinajstić information content (AvgIpc) is 3.77. The number of aromatic nitrogens is 4. The number of nitrogens with one attached hydrogen (secondary N) is 3. The van der Waals surface area contributed by atoms with Gasteiger partial charge < -0.3 is 35.1 Å². The molecule has 288 valence electrons. The van der Waals surface area contributed by atoms with Crippen LogP contribution in [0, 0.1) is 5.92 Å². The van der Waals surface area contributed by atoms with Crippen molar-refractivity contribution in [1.29, 1.82) is 0 Å². The number of methoxy groups -OCH3 is 1. The van der Waals surface area contributed by atoms with Gasteiger partial charge in [-0.15, -0.1) is 0 Å². The number of halogens is 2. The highest BCUT2D eigenvalue weighted by atomic mass is 35.5. The van der Waals surface area contributed by atoms with Gasteiger partial charge in [0.05, 0.1) is 52.4 Å². The van der Waals surface area contributed by atoms with Crippen LogP contribution in [0.2, 0.25) is 10.0 Å². The van der Waals surface area contributed by atoms with E-state index in [-0.39, 0.29) is 40.5 Å². The summed E-state index contributed by atoms with van der Waals surface area (Å²) in [4.78, 5) is 68.1. The van der Waals surface area contributed by atoms with Crippen LogP contribution in [0.15, 0.2) is 42.6 Å². The number of rotatable bonds is 10. The van der Waals surface area contributed by atoms with Crippen LogP contribution in [0.4, 0.5) is 5.69 Å².